The first kappa shape index (κ1) is 17.1. The Bertz CT molecular complexity index is 502. The first-order chi connectivity index (χ1) is 9.34. The van der Waals surface area contributed by atoms with Crippen molar-refractivity contribution in [1.29, 1.82) is 0 Å². The van der Waals surface area contributed by atoms with Crippen LogP contribution in [0.25, 0.3) is 0 Å². The predicted molar refractivity (Wildman–Crippen MR) is 79.5 cm³/mol. The number of sulfonamides is 1. The maximum atomic E-state index is 12.8. The molecule has 1 aromatic rings. The van der Waals surface area contributed by atoms with Crippen LogP contribution in [0.4, 0.5) is 4.39 Å². The van der Waals surface area contributed by atoms with E-state index in [1.54, 1.807) is 12.1 Å². The van der Waals surface area contributed by atoms with Crippen LogP contribution in [-0.4, -0.2) is 38.6 Å². The third-order valence-electron chi connectivity index (χ3n) is 3.23. The van der Waals surface area contributed by atoms with Crippen LogP contribution in [0.1, 0.15) is 31.9 Å². The van der Waals surface area contributed by atoms with E-state index in [9.17, 15) is 12.8 Å². The summed E-state index contributed by atoms with van der Waals surface area (Å²) >= 11 is 0. The second kappa shape index (κ2) is 7.71. The molecule has 1 atom stereocenters. The van der Waals surface area contributed by atoms with Crippen molar-refractivity contribution < 1.29 is 12.8 Å². The Hall–Kier alpha value is -0.980. The van der Waals surface area contributed by atoms with Gasteiger partial charge in [0.1, 0.15) is 5.82 Å². The number of rotatable bonds is 8. The highest BCUT2D eigenvalue weighted by molar-refractivity contribution is 7.88. The summed E-state index contributed by atoms with van der Waals surface area (Å²) in [5.74, 6) is -0.243. The minimum atomic E-state index is -3.11. The molecule has 0 radical (unpaired) electrons. The van der Waals surface area contributed by atoms with Crippen LogP contribution in [0.15, 0.2) is 24.3 Å². The van der Waals surface area contributed by atoms with Gasteiger partial charge in [-0.15, -0.1) is 0 Å². The van der Waals surface area contributed by atoms with E-state index < -0.39 is 10.0 Å². The van der Waals surface area contributed by atoms with Crippen LogP contribution in [0.2, 0.25) is 0 Å². The van der Waals surface area contributed by atoms with E-state index in [2.05, 4.69) is 5.32 Å². The number of nitrogens with one attached hydrogen (secondary N) is 1. The lowest BCUT2D eigenvalue weighted by Crippen LogP contribution is -2.32. The van der Waals surface area contributed by atoms with E-state index in [1.165, 1.54) is 22.7 Å². The van der Waals surface area contributed by atoms with Gasteiger partial charge in [-0.1, -0.05) is 19.1 Å². The number of benzene rings is 1. The van der Waals surface area contributed by atoms with Crippen molar-refractivity contribution in [1.82, 2.24) is 9.62 Å². The Kier molecular flexibility index (Phi) is 6.58. The lowest BCUT2D eigenvalue weighted by Gasteiger charge is -2.19. The topological polar surface area (TPSA) is 49.4 Å². The zero-order valence-corrected chi connectivity index (χ0v) is 13.1. The van der Waals surface area contributed by atoms with Gasteiger partial charge in [-0.3, -0.25) is 0 Å². The molecule has 0 amide bonds. The van der Waals surface area contributed by atoms with Crippen LogP contribution in [0.5, 0.6) is 0 Å². The number of hydrogen-bond acceptors (Lipinski definition) is 3. The third kappa shape index (κ3) is 5.56. The molecule has 0 aliphatic rings. The maximum Gasteiger partial charge on any atom is 0.211 e. The van der Waals surface area contributed by atoms with Crippen LogP contribution in [0.3, 0.4) is 0 Å². The molecule has 0 aliphatic carbocycles. The molecule has 0 saturated heterocycles. The van der Waals surface area contributed by atoms with E-state index in [4.69, 9.17) is 0 Å². The van der Waals surface area contributed by atoms with Crippen molar-refractivity contribution in [2.24, 2.45) is 0 Å². The Balaban J connectivity index is 2.35. The second-order valence-electron chi connectivity index (χ2n) is 4.84. The number of halogens is 1. The minimum absolute atomic E-state index is 0.115. The van der Waals surface area contributed by atoms with E-state index in [-0.39, 0.29) is 11.9 Å². The highest BCUT2D eigenvalue weighted by atomic mass is 32.2. The van der Waals surface area contributed by atoms with Crippen molar-refractivity contribution in [3.05, 3.63) is 35.6 Å². The first-order valence-corrected chi connectivity index (χ1v) is 8.63. The van der Waals surface area contributed by atoms with Gasteiger partial charge in [0.2, 0.25) is 10.0 Å². The van der Waals surface area contributed by atoms with Crippen LogP contribution in [0, 0.1) is 5.82 Å². The van der Waals surface area contributed by atoms with Gasteiger partial charge in [-0.25, -0.2) is 17.1 Å². The molecule has 0 saturated carbocycles. The molecular formula is C14H23FN2O2S. The van der Waals surface area contributed by atoms with Crippen molar-refractivity contribution >= 4 is 10.0 Å². The molecule has 0 aliphatic heterocycles. The van der Waals surface area contributed by atoms with E-state index in [0.29, 0.717) is 19.6 Å². The highest BCUT2D eigenvalue weighted by Crippen LogP contribution is 2.12. The quantitative estimate of drug-likeness (QED) is 0.749. The zero-order valence-electron chi connectivity index (χ0n) is 12.3. The molecular weight excluding hydrogens is 279 g/mol. The molecule has 0 spiro atoms. The summed E-state index contributed by atoms with van der Waals surface area (Å²) < 4.78 is 37.1. The molecule has 4 nitrogen and oxygen atoms in total. The lowest BCUT2D eigenvalue weighted by molar-refractivity contribution is 0.413. The monoisotopic (exact) mass is 302 g/mol. The Morgan fingerprint density at radius 2 is 1.90 bits per heavy atom. The summed E-state index contributed by atoms with van der Waals surface area (Å²) in [7, 11) is -3.11. The standard InChI is InChI=1S/C14H23FN2O2S/c1-4-17(20(3,18)19)11-5-10-16-12(2)13-6-8-14(15)9-7-13/h6-9,12,16H,4-5,10-11H2,1-3H3. The molecule has 0 aromatic heterocycles. The maximum absolute atomic E-state index is 12.8. The summed E-state index contributed by atoms with van der Waals surface area (Å²) in [5.41, 5.74) is 1.02. The fourth-order valence-corrected chi connectivity index (χ4v) is 2.93. The summed E-state index contributed by atoms with van der Waals surface area (Å²) in [5, 5.41) is 3.31. The van der Waals surface area contributed by atoms with Crippen molar-refractivity contribution in [3.63, 3.8) is 0 Å². The molecule has 1 aromatic carbocycles. The Morgan fingerprint density at radius 1 is 1.30 bits per heavy atom. The van der Waals surface area contributed by atoms with Gasteiger partial charge in [0.05, 0.1) is 6.26 Å². The second-order valence-corrected chi connectivity index (χ2v) is 6.82. The van der Waals surface area contributed by atoms with E-state index in [1.807, 2.05) is 13.8 Å². The van der Waals surface area contributed by atoms with Gasteiger partial charge in [0, 0.05) is 19.1 Å². The fraction of sp³-hybridized carbons (Fsp3) is 0.571. The SMILES string of the molecule is CCN(CCCNC(C)c1ccc(F)cc1)S(C)(=O)=O. The molecule has 0 bridgehead atoms. The predicted octanol–water partition coefficient (Wildman–Crippen LogP) is 2.15. The summed E-state index contributed by atoms with van der Waals surface area (Å²) in [6.07, 6.45) is 1.97. The average molecular weight is 302 g/mol. The molecule has 20 heavy (non-hydrogen) atoms. The van der Waals surface area contributed by atoms with Crippen LogP contribution >= 0.6 is 0 Å². The van der Waals surface area contributed by atoms with Gasteiger partial charge in [-0.2, -0.15) is 0 Å². The molecule has 114 valence electrons. The smallest absolute Gasteiger partial charge is 0.211 e. The van der Waals surface area contributed by atoms with Crippen molar-refractivity contribution in [2.75, 3.05) is 25.9 Å². The summed E-state index contributed by atoms with van der Waals surface area (Å²) in [6, 6.07) is 6.50. The van der Waals surface area contributed by atoms with Gasteiger partial charge in [-0.05, 0) is 37.6 Å². The largest absolute Gasteiger partial charge is 0.310 e. The molecule has 0 heterocycles. The van der Waals surface area contributed by atoms with Gasteiger partial charge >= 0.3 is 0 Å². The van der Waals surface area contributed by atoms with Gasteiger partial charge in [0.25, 0.3) is 0 Å². The normalized spacial score (nSPS) is 13.7. The molecule has 6 heteroatoms. The van der Waals surface area contributed by atoms with Gasteiger partial charge in [0.15, 0.2) is 0 Å². The summed E-state index contributed by atoms with van der Waals surface area (Å²) in [4.78, 5) is 0. The first-order valence-electron chi connectivity index (χ1n) is 6.78. The molecule has 1 unspecified atom stereocenters. The fourth-order valence-electron chi connectivity index (χ4n) is 2.00. The molecule has 0 fully saturated rings. The van der Waals surface area contributed by atoms with Gasteiger partial charge < -0.3 is 5.32 Å². The average Bonchev–Trinajstić information content (AvgIpc) is 2.37. The van der Waals surface area contributed by atoms with E-state index >= 15 is 0 Å². The van der Waals surface area contributed by atoms with Crippen LogP contribution in [-0.2, 0) is 10.0 Å². The van der Waals surface area contributed by atoms with E-state index in [0.717, 1.165) is 12.0 Å². The lowest BCUT2D eigenvalue weighted by atomic mass is 10.1. The van der Waals surface area contributed by atoms with Crippen LogP contribution < -0.4 is 5.32 Å². The Morgan fingerprint density at radius 3 is 2.40 bits per heavy atom. The highest BCUT2D eigenvalue weighted by Gasteiger charge is 2.13. The number of nitrogens with zero attached hydrogens (tertiary/aromatic N) is 1. The third-order valence-corrected chi connectivity index (χ3v) is 4.61. The Labute approximate surface area is 121 Å². The minimum Gasteiger partial charge on any atom is -0.310 e. The molecule has 1 rings (SSSR count). The van der Waals surface area contributed by atoms with Crippen molar-refractivity contribution in [3.8, 4) is 0 Å². The zero-order chi connectivity index (χ0) is 15.2. The summed E-state index contributed by atoms with van der Waals surface area (Å²) in [6.45, 7) is 5.55. The number of hydrogen-bond donors (Lipinski definition) is 1. The molecule has 1 N–H and O–H groups in total. The van der Waals surface area contributed by atoms with Crippen molar-refractivity contribution in [2.45, 2.75) is 26.3 Å².